The second-order valence-electron chi connectivity index (χ2n) is 9.82. The highest BCUT2D eigenvalue weighted by Crippen LogP contribution is 2.22. The van der Waals surface area contributed by atoms with E-state index in [1.807, 2.05) is 51.1 Å². The van der Waals surface area contributed by atoms with Gasteiger partial charge in [0.05, 0.1) is 0 Å². The van der Waals surface area contributed by atoms with Crippen molar-refractivity contribution in [2.75, 3.05) is 13.1 Å². The predicted molar refractivity (Wildman–Crippen MR) is 127 cm³/mol. The molecule has 0 unspecified atom stereocenters. The van der Waals surface area contributed by atoms with E-state index in [0.717, 1.165) is 55.6 Å². The molecular weight excluding hydrogens is 419 g/mol. The van der Waals surface area contributed by atoms with Gasteiger partial charge in [0, 0.05) is 25.4 Å². The van der Waals surface area contributed by atoms with Gasteiger partial charge >= 0.3 is 6.09 Å². The van der Waals surface area contributed by atoms with Crippen LogP contribution in [-0.2, 0) is 29.0 Å². The second kappa shape index (κ2) is 11.4. The number of piperidine rings is 1. The molecule has 0 atom stereocenters. The summed E-state index contributed by atoms with van der Waals surface area (Å²) in [6, 6.07) is 14.7. The molecule has 33 heavy (non-hydrogen) atoms. The summed E-state index contributed by atoms with van der Waals surface area (Å²) in [6.07, 6.45) is 2.57. The SMILES string of the molecule is CC(C)(C)OC(=O)NCc1ccc(CCC(=O)C2CCN(Cc3cccc(F)c3)CC2)cc1. The van der Waals surface area contributed by atoms with Crippen molar-refractivity contribution in [2.45, 2.75) is 65.1 Å². The number of aryl methyl sites for hydroxylation is 1. The number of nitrogens with one attached hydrogen (secondary N) is 1. The van der Waals surface area contributed by atoms with Crippen LogP contribution in [0.25, 0.3) is 0 Å². The van der Waals surface area contributed by atoms with Gasteiger partial charge in [-0.15, -0.1) is 0 Å². The Morgan fingerprint density at radius 1 is 1.03 bits per heavy atom. The summed E-state index contributed by atoms with van der Waals surface area (Å²) in [7, 11) is 0. The van der Waals surface area contributed by atoms with E-state index in [1.165, 1.54) is 6.07 Å². The van der Waals surface area contributed by atoms with Crippen molar-refractivity contribution in [1.82, 2.24) is 10.2 Å². The fraction of sp³-hybridized carbons (Fsp3) is 0.481. The molecule has 0 spiro atoms. The maximum atomic E-state index is 13.4. The van der Waals surface area contributed by atoms with Crippen molar-refractivity contribution < 1.29 is 18.7 Å². The van der Waals surface area contributed by atoms with Crippen LogP contribution in [0.2, 0.25) is 0 Å². The van der Waals surface area contributed by atoms with Crippen LogP contribution in [0, 0.1) is 11.7 Å². The highest BCUT2D eigenvalue weighted by Gasteiger charge is 2.24. The normalized spacial score (nSPS) is 15.3. The van der Waals surface area contributed by atoms with Gasteiger partial charge in [-0.05, 0) is 81.9 Å². The van der Waals surface area contributed by atoms with Crippen LogP contribution < -0.4 is 5.32 Å². The molecule has 1 amide bonds. The number of carbonyl (C=O) groups is 2. The number of carbonyl (C=O) groups excluding carboxylic acids is 2. The fourth-order valence-corrected chi connectivity index (χ4v) is 4.09. The molecule has 0 radical (unpaired) electrons. The van der Waals surface area contributed by atoms with Gasteiger partial charge in [0.1, 0.15) is 17.2 Å². The maximum Gasteiger partial charge on any atom is 0.407 e. The number of rotatable bonds is 8. The van der Waals surface area contributed by atoms with Crippen LogP contribution in [0.3, 0.4) is 0 Å². The molecule has 1 N–H and O–H groups in total. The lowest BCUT2D eigenvalue weighted by molar-refractivity contribution is -0.124. The second-order valence-corrected chi connectivity index (χ2v) is 9.82. The van der Waals surface area contributed by atoms with Gasteiger partial charge in [0.15, 0.2) is 0 Å². The summed E-state index contributed by atoms with van der Waals surface area (Å²) >= 11 is 0. The molecule has 0 aromatic heterocycles. The van der Waals surface area contributed by atoms with Gasteiger partial charge < -0.3 is 10.1 Å². The van der Waals surface area contributed by atoms with Crippen LogP contribution in [0.5, 0.6) is 0 Å². The van der Waals surface area contributed by atoms with Gasteiger partial charge in [-0.3, -0.25) is 9.69 Å². The topological polar surface area (TPSA) is 58.6 Å². The Labute approximate surface area is 196 Å². The number of nitrogens with zero attached hydrogens (tertiary/aromatic N) is 1. The summed E-state index contributed by atoms with van der Waals surface area (Å²) in [5.74, 6) is 0.243. The average molecular weight is 455 g/mol. The summed E-state index contributed by atoms with van der Waals surface area (Å²) in [4.78, 5) is 26.8. The number of Topliss-reactive ketones (excluding diaryl/α,β-unsaturated/α-hetero) is 1. The van der Waals surface area contributed by atoms with E-state index in [9.17, 15) is 14.0 Å². The van der Waals surface area contributed by atoms with Crippen molar-refractivity contribution in [2.24, 2.45) is 5.92 Å². The summed E-state index contributed by atoms with van der Waals surface area (Å²) in [6.45, 7) is 8.37. The van der Waals surface area contributed by atoms with E-state index in [2.05, 4.69) is 10.2 Å². The van der Waals surface area contributed by atoms with E-state index < -0.39 is 11.7 Å². The molecule has 1 heterocycles. The van der Waals surface area contributed by atoms with Gasteiger partial charge in [-0.1, -0.05) is 36.4 Å². The van der Waals surface area contributed by atoms with Gasteiger partial charge in [-0.2, -0.15) is 0 Å². The lowest BCUT2D eigenvalue weighted by Crippen LogP contribution is -2.36. The molecule has 2 aromatic carbocycles. The zero-order valence-electron chi connectivity index (χ0n) is 19.9. The molecule has 3 rings (SSSR count). The number of ketones is 1. The first kappa shape index (κ1) is 24.9. The predicted octanol–water partition coefficient (Wildman–Crippen LogP) is 5.26. The third kappa shape index (κ3) is 8.61. The van der Waals surface area contributed by atoms with Crippen LogP contribution >= 0.6 is 0 Å². The van der Waals surface area contributed by atoms with Crippen LogP contribution in [0.4, 0.5) is 9.18 Å². The van der Waals surface area contributed by atoms with Crippen LogP contribution in [0.15, 0.2) is 48.5 Å². The monoisotopic (exact) mass is 454 g/mol. The lowest BCUT2D eigenvalue weighted by atomic mass is 9.89. The minimum absolute atomic E-state index is 0.117. The van der Waals surface area contributed by atoms with E-state index >= 15 is 0 Å². The standard InChI is InChI=1S/C27H35FN2O3/c1-27(2,3)33-26(32)29-18-21-9-7-20(8-10-21)11-12-25(31)23-13-15-30(16-14-23)19-22-5-4-6-24(28)17-22/h4-10,17,23H,11-16,18-19H2,1-3H3,(H,29,32). The zero-order chi connectivity index (χ0) is 23.8. The Bertz CT molecular complexity index is 929. The zero-order valence-corrected chi connectivity index (χ0v) is 19.9. The quantitative estimate of drug-likeness (QED) is 0.591. The molecule has 6 heteroatoms. The number of likely N-dealkylation sites (tertiary alicyclic amines) is 1. The van der Waals surface area contributed by atoms with E-state index in [1.54, 1.807) is 12.1 Å². The maximum absolute atomic E-state index is 13.4. The molecule has 0 aliphatic carbocycles. The number of halogens is 1. The number of alkyl carbamates (subject to hydrolysis) is 1. The van der Waals surface area contributed by atoms with Gasteiger partial charge in [-0.25, -0.2) is 9.18 Å². The van der Waals surface area contributed by atoms with Gasteiger partial charge in [0.2, 0.25) is 0 Å². The number of amides is 1. The third-order valence-corrected chi connectivity index (χ3v) is 5.86. The minimum Gasteiger partial charge on any atom is -0.444 e. The summed E-state index contributed by atoms with van der Waals surface area (Å²) < 4.78 is 18.6. The smallest absolute Gasteiger partial charge is 0.407 e. The molecule has 1 fully saturated rings. The first-order chi connectivity index (χ1) is 15.7. The van der Waals surface area contributed by atoms with E-state index in [0.29, 0.717) is 18.7 Å². The molecule has 1 aliphatic heterocycles. The number of hydrogen-bond acceptors (Lipinski definition) is 4. The molecule has 1 aliphatic rings. The van der Waals surface area contributed by atoms with Crippen LogP contribution in [0.1, 0.15) is 56.7 Å². The highest BCUT2D eigenvalue weighted by atomic mass is 19.1. The van der Waals surface area contributed by atoms with Crippen molar-refractivity contribution >= 4 is 11.9 Å². The Morgan fingerprint density at radius 2 is 1.70 bits per heavy atom. The average Bonchev–Trinajstić information content (AvgIpc) is 2.76. The molecule has 0 bridgehead atoms. The Morgan fingerprint density at radius 3 is 2.33 bits per heavy atom. The first-order valence-electron chi connectivity index (χ1n) is 11.7. The van der Waals surface area contributed by atoms with E-state index in [-0.39, 0.29) is 11.7 Å². The van der Waals surface area contributed by atoms with Crippen LogP contribution in [-0.4, -0.2) is 35.5 Å². The molecule has 0 saturated carbocycles. The molecular formula is C27H35FN2O3. The largest absolute Gasteiger partial charge is 0.444 e. The lowest BCUT2D eigenvalue weighted by Gasteiger charge is -2.31. The molecule has 1 saturated heterocycles. The number of benzene rings is 2. The molecule has 178 valence electrons. The number of ether oxygens (including phenoxy) is 1. The van der Waals surface area contributed by atoms with Gasteiger partial charge in [0.25, 0.3) is 0 Å². The Hall–Kier alpha value is -2.73. The molecule has 5 nitrogen and oxygen atoms in total. The van der Waals surface area contributed by atoms with Crippen molar-refractivity contribution in [3.05, 3.63) is 71.0 Å². The summed E-state index contributed by atoms with van der Waals surface area (Å²) in [5, 5.41) is 2.75. The highest BCUT2D eigenvalue weighted by molar-refractivity contribution is 5.81. The summed E-state index contributed by atoms with van der Waals surface area (Å²) in [5.41, 5.74) is 2.57. The number of hydrogen-bond donors (Lipinski definition) is 1. The van der Waals surface area contributed by atoms with E-state index in [4.69, 9.17) is 4.74 Å². The van der Waals surface area contributed by atoms with Crippen molar-refractivity contribution in [3.8, 4) is 0 Å². The Kier molecular flexibility index (Phi) is 8.61. The minimum atomic E-state index is -0.515. The third-order valence-electron chi connectivity index (χ3n) is 5.86. The molecule has 2 aromatic rings. The fourth-order valence-electron chi connectivity index (χ4n) is 4.09. The van der Waals surface area contributed by atoms with Crippen molar-refractivity contribution in [1.29, 1.82) is 0 Å². The first-order valence-corrected chi connectivity index (χ1v) is 11.7. The Balaban J connectivity index is 1.37. The van der Waals surface area contributed by atoms with Crippen molar-refractivity contribution in [3.63, 3.8) is 0 Å².